The molecule has 25 heavy (non-hydrogen) atoms. The van der Waals surface area contributed by atoms with Crippen LogP contribution in [0, 0.1) is 5.92 Å². The van der Waals surface area contributed by atoms with Gasteiger partial charge in [0.2, 0.25) is 9.84 Å². The van der Waals surface area contributed by atoms with Crippen LogP contribution in [-0.2, 0) is 9.84 Å². The molecule has 3 nitrogen and oxygen atoms in total. The van der Waals surface area contributed by atoms with E-state index in [0.717, 1.165) is 11.3 Å². The summed E-state index contributed by atoms with van der Waals surface area (Å²) in [6, 6.07) is 18.4. The molecular weight excluding hydrogens is 352 g/mol. The highest BCUT2D eigenvalue weighted by molar-refractivity contribution is 8.00. The van der Waals surface area contributed by atoms with E-state index in [1.807, 2.05) is 36.4 Å². The van der Waals surface area contributed by atoms with Crippen LogP contribution in [0.1, 0.15) is 19.8 Å². The third-order valence-electron chi connectivity index (χ3n) is 4.52. The molecule has 0 saturated heterocycles. The minimum Gasteiger partial charge on any atom is -0.392 e. The first-order valence-corrected chi connectivity index (χ1v) is 10.8. The Balaban J connectivity index is 1.97. The Morgan fingerprint density at radius 2 is 1.56 bits per heavy atom. The fourth-order valence-electron chi connectivity index (χ4n) is 3.03. The number of thioether (sulfide) groups is 1. The summed E-state index contributed by atoms with van der Waals surface area (Å²) >= 11 is 1.65. The van der Waals surface area contributed by atoms with E-state index in [0.29, 0.717) is 11.3 Å². The molecule has 0 aliphatic heterocycles. The second kappa shape index (κ2) is 7.77. The number of hydrogen-bond donors (Lipinski definition) is 1. The van der Waals surface area contributed by atoms with Crippen molar-refractivity contribution in [3.8, 4) is 0 Å². The SMILES string of the molecule is C[C@H]1C(S(=O)(=O)c2ccccc2)=CC(Sc2ccccc2)CC[C@H]1O. The first-order chi connectivity index (χ1) is 12.0. The van der Waals surface area contributed by atoms with E-state index in [-0.39, 0.29) is 10.1 Å². The van der Waals surface area contributed by atoms with E-state index in [9.17, 15) is 13.5 Å². The number of rotatable bonds is 4. The molecule has 1 aliphatic carbocycles. The normalized spacial score (nSPS) is 24.4. The Morgan fingerprint density at radius 1 is 0.960 bits per heavy atom. The number of benzene rings is 2. The maximum absolute atomic E-state index is 13.1. The predicted molar refractivity (Wildman–Crippen MR) is 102 cm³/mol. The van der Waals surface area contributed by atoms with Crippen molar-refractivity contribution in [2.45, 2.75) is 40.9 Å². The molecule has 132 valence electrons. The lowest BCUT2D eigenvalue weighted by Crippen LogP contribution is -2.22. The highest BCUT2D eigenvalue weighted by atomic mass is 32.2. The van der Waals surface area contributed by atoms with Crippen molar-refractivity contribution in [2.75, 3.05) is 0 Å². The molecule has 2 aromatic rings. The maximum Gasteiger partial charge on any atom is 0.202 e. The molecular formula is C20H22O3S2. The van der Waals surface area contributed by atoms with Crippen LogP contribution in [0.25, 0.3) is 0 Å². The molecule has 1 N–H and O–H groups in total. The van der Waals surface area contributed by atoms with E-state index in [4.69, 9.17) is 0 Å². The van der Waals surface area contributed by atoms with Gasteiger partial charge in [-0.3, -0.25) is 0 Å². The fraction of sp³-hybridized carbons (Fsp3) is 0.300. The average Bonchev–Trinajstić information content (AvgIpc) is 2.77. The number of sulfone groups is 1. The molecule has 0 bridgehead atoms. The average molecular weight is 375 g/mol. The highest BCUT2D eigenvalue weighted by Gasteiger charge is 2.33. The Hall–Kier alpha value is -1.56. The van der Waals surface area contributed by atoms with Crippen LogP contribution in [0.4, 0.5) is 0 Å². The summed E-state index contributed by atoms with van der Waals surface area (Å²) in [7, 11) is -3.60. The number of aliphatic hydroxyl groups is 1. The Bertz CT molecular complexity index is 830. The molecule has 0 spiro atoms. The van der Waals surface area contributed by atoms with E-state index in [2.05, 4.69) is 0 Å². The molecule has 1 aliphatic rings. The van der Waals surface area contributed by atoms with Gasteiger partial charge in [0.1, 0.15) is 0 Å². The summed E-state index contributed by atoms with van der Waals surface area (Å²) in [5, 5.41) is 10.4. The first kappa shape index (κ1) is 18.2. The van der Waals surface area contributed by atoms with Crippen molar-refractivity contribution in [2.24, 2.45) is 5.92 Å². The second-order valence-electron chi connectivity index (χ2n) is 6.29. The van der Waals surface area contributed by atoms with Crippen LogP contribution >= 0.6 is 11.8 Å². The van der Waals surface area contributed by atoms with Gasteiger partial charge in [0.15, 0.2) is 0 Å². The van der Waals surface area contributed by atoms with Crippen molar-refractivity contribution in [3.63, 3.8) is 0 Å². The minimum atomic E-state index is -3.60. The van der Waals surface area contributed by atoms with Gasteiger partial charge in [-0.15, -0.1) is 11.8 Å². The maximum atomic E-state index is 13.1. The van der Waals surface area contributed by atoms with Crippen molar-refractivity contribution in [1.82, 2.24) is 0 Å². The Labute approximate surface area is 153 Å². The minimum absolute atomic E-state index is 0.0236. The zero-order valence-corrected chi connectivity index (χ0v) is 15.7. The van der Waals surface area contributed by atoms with Crippen molar-refractivity contribution >= 4 is 21.6 Å². The quantitative estimate of drug-likeness (QED) is 0.867. The molecule has 0 aromatic heterocycles. The summed E-state index contributed by atoms with van der Waals surface area (Å²) in [6.07, 6.45) is 2.54. The molecule has 1 unspecified atom stereocenters. The lowest BCUT2D eigenvalue weighted by Gasteiger charge is -2.19. The number of aliphatic hydroxyl groups excluding tert-OH is 1. The molecule has 2 aromatic carbocycles. The Kier molecular flexibility index (Phi) is 5.67. The van der Waals surface area contributed by atoms with Crippen LogP contribution in [0.5, 0.6) is 0 Å². The molecule has 0 saturated carbocycles. The standard InChI is InChI=1S/C20H22O3S2/c1-15-19(21)13-12-17(24-16-8-4-2-5-9-16)14-20(15)25(22,23)18-10-6-3-7-11-18/h2-11,14-15,17,19,21H,12-13H2,1H3/t15-,17?,19-/m1/s1. The van der Waals surface area contributed by atoms with Crippen molar-refractivity contribution in [1.29, 1.82) is 0 Å². The lowest BCUT2D eigenvalue weighted by molar-refractivity contribution is 0.127. The van der Waals surface area contributed by atoms with E-state index >= 15 is 0 Å². The van der Waals surface area contributed by atoms with Crippen LogP contribution in [0.15, 0.2) is 81.4 Å². The molecule has 5 heteroatoms. The van der Waals surface area contributed by atoms with Gasteiger partial charge in [-0.2, -0.15) is 0 Å². The highest BCUT2D eigenvalue weighted by Crippen LogP contribution is 2.37. The van der Waals surface area contributed by atoms with Crippen LogP contribution in [0.3, 0.4) is 0 Å². The van der Waals surface area contributed by atoms with E-state index in [1.54, 1.807) is 49.0 Å². The van der Waals surface area contributed by atoms with Crippen molar-refractivity contribution in [3.05, 3.63) is 71.6 Å². The Morgan fingerprint density at radius 3 is 2.20 bits per heavy atom. The van der Waals surface area contributed by atoms with Gasteiger partial charge in [-0.1, -0.05) is 49.4 Å². The summed E-state index contributed by atoms with van der Waals surface area (Å²) in [6.45, 7) is 1.80. The monoisotopic (exact) mass is 374 g/mol. The zero-order valence-electron chi connectivity index (χ0n) is 14.1. The van der Waals surface area contributed by atoms with Crippen molar-refractivity contribution < 1.29 is 13.5 Å². The van der Waals surface area contributed by atoms with Gasteiger partial charge >= 0.3 is 0 Å². The molecule has 0 fully saturated rings. The fourth-order valence-corrected chi connectivity index (χ4v) is 6.03. The van der Waals surface area contributed by atoms with Gasteiger partial charge in [0.05, 0.1) is 15.9 Å². The topological polar surface area (TPSA) is 54.4 Å². The molecule has 0 heterocycles. The van der Waals surface area contributed by atoms with Gasteiger partial charge < -0.3 is 5.11 Å². The summed E-state index contributed by atoms with van der Waals surface area (Å²) in [5.74, 6) is -0.411. The zero-order chi connectivity index (χ0) is 17.9. The summed E-state index contributed by atoms with van der Waals surface area (Å²) in [4.78, 5) is 1.71. The van der Waals surface area contributed by atoms with Gasteiger partial charge in [0.25, 0.3) is 0 Å². The molecule has 0 amide bonds. The lowest BCUT2D eigenvalue weighted by atomic mass is 10.0. The molecule has 0 radical (unpaired) electrons. The largest absolute Gasteiger partial charge is 0.392 e. The van der Waals surface area contributed by atoms with Crippen LogP contribution < -0.4 is 0 Å². The third kappa shape index (κ3) is 4.17. The van der Waals surface area contributed by atoms with Crippen LogP contribution in [0.2, 0.25) is 0 Å². The van der Waals surface area contributed by atoms with E-state index < -0.39 is 21.9 Å². The first-order valence-electron chi connectivity index (χ1n) is 8.40. The molecule has 3 rings (SSSR count). The smallest absolute Gasteiger partial charge is 0.202 e. The van der Waals surface area contributed by atoms with Gasteiger partial charge in [0, 0.05) is 16.1 Å². The van der Waals surface area contributed by atoms with Crippen LogP contribution in [-0.4, -0.2) is 24.9 Å². The predicted octanol–water partition coefficient (Wildman–Crippen LogP) is 4.30. The molecule has 3 atom stereocenters. The van der Waals surface area contributed by atoms with Gasteiger partial charge in [-0.05, 0) is 37.1 Å². The third-order valence-corrected chi connectivity index (χ3v) is 7.76. The van der Waals surface area contributed by atoms with Gasteiger partial charge in [-0.25, -0.2) is 8.42 Å². The summed E-state index contributed by atoms with van der Waals surface area (Å²) < 4.78 is 26.2. The van der Waals surface area contributed by atoms with E-state index in [1.165, 1.54) is 0 Å². The second-order valence-corrected chi connectivity index (χ2v) is 9.55. The number of hydrogen-bond acceptors (Lipinski definition) is 4. The summed E-state index contributed by atoms with van der Waals surface area (Å²) in [5.41, 5.74) is 0.